The molecule has 1 aromatic heterocycles. The van der Waals surface area contributed by atoms with E-state index in [0.29, 0.717) is 11.7 Å². The van der Waals surface area contributed by atoms with Crippen molar-refractivity contribution >= 4 is 21.5 Å². The SMILES string of the molecule is O=[N+]([O-])c1cnc(NCc2ccc3c(c2)CNC3)s1. The van der Waals surface area contributed by atoms with E-state index in [2.05, 4.69) is 33.8 Å². The molecule has 0 saturated heterocycles. The number of nitrogens with one attached hydrogen (secondary N) is 2. The van der Waals surface area contributed by atoms with Gasteiger partial charge in [0.25, 0.3) is 0 Å². The summed E-state index contributed by atoms with van der Waals surface area (Å²) < 4.78 is 0. The molecule has 2 aromatic rings. The first-order valence-corrected chi connectivity index (χ1v) is 6.69. The summed E-state index contributed by atoms with van der Waals surface area (Å²) in [5.41, 5.74) is 3.82. The van der Waals surface area contributed by atoms with E-state index in [1.165, 1.54) is 17.3 Å². The van der Waals surface area contributed by atoms with Crippen molar-refractivity contribution in [1.29, 1.82) is 0 Å². The Morgan fingerprint density at radius 3 is 3.05 bits per heavy atom. The van der Waals surface area contributed by atoms with Crippen LogP contribution in [0.1, 0.15) is 16.7 Å². The number of nitrogens with zero attached hydrogens (tertiary/aromatic N) is 2. The van der Waals surface area contributed by atoms with Crippen LogP contribution in [0.2, 0.25) is 0 Å². The topological polar surface area (TPSA) is 80.1 Å². The molecule has 7 heteroatoms. The third kappa shape index (κ3) is 2.56. The van der Waals surface area contributed by atoms with Gasteiger partial charge in [-0.05, 0) is 28.0 Å². The van der Waals surface area contributed by atoms with Crippen molar-refractivity contribution in [2.75, 3.05) is 5.32 Å². The van der Waals surface area contributed by atoms with Crippen molar-refractivity contribution in [3.8, 4) is 0 Å². The standard InChI is InChI=1S/C12H12N4O2S/c17-16(18)11-7-15-12(19-11)14-4-8-1-2-9-5-13-6-10(9)3-8/h1-3,7,13H,4-6H2,(H,14,15). The first kappa shape index (κ1) is 12.1. The van der Waals surface area contributed by atoms with Crippen LogP contribution in [-0.2, 0) is 19.6 Å². The quantitative estimate of drug-likeness (QED) is 0.661. The monoisotopic (exact) mass is 276 g/mol. The van der Waals surface area contributed by atoms with Crippen molar-refractivity contribution < 1.29 is 4.92 Å². The fourth-order valence-corrected chi connectivity index (χ4v) is 2.70. The second-order valence-corrected chi connectivity index (χ2v) is 5.33. The molecule has 2 N–H and O–H groups in total. The van der Waals surface area contributed by atoms with Crippen LogP contribution in [0, 0.1) is 10.1 Å². The van der Waals surface area contributed by atoms with Crippen LogP contribution in [0.15, 0.2) is 24.4 Å². The minimum atomic E-state index is -0.427. The van der Waals surface area contributed by atoms with Gasteiger partial charge in [0.2, 0.25) is 0 Å². The third-order valence-corrected chi connectivity index (χ3v) is 3.93. The lowest BCUT2D eigenvalue weighted by atomic mass is 10.1. The van der Waals surface area contributed by atoms with E-state index in [1.807, 2.05) is 0 Å². The van der Waals surface area contributed by atoms with E-state index in [-0.39, 0.29) is 5.00 Å². The van der Waals surface area contributed by atoms with E-state index in [0.717, 1.165) is 30.0 Å². The Morgan fingerprint density at radius 1 is 1.42 bits per heavy atom. The molecule has 6 nitrogen and oxygen atoms in total. The van der Waals surface area contributed by atoms with Gasteiger partial charge < -0.3 is 10.6 Å². The molecule has 0 fully saturated rings. The summed E-state index contributed by atoms with van der Waals surface area (Å²) in [6, 6.07) is 6.35. The number of nitro groups is 1. The van der Waals surface area contributed by atoms with E-state index >= 15 is 0 Å². The Hall–Kier alpha value is -1.99. The molecule has 0 amide bonds. The maximum atomic E-state index is 10.6. The lowest BCUT2D eigenvalue weighted by molar-refractivity contribution is -0.380. The molecule has 2 heterocycles. The Bertz CT molecular complexity index is 626. The zero-order valence-electron chi connectivity index (χ0n) is 10.0. The highest BCUT2D eigenvalue weighted by atomic mass is 32.1. The van der Waals surface area contributed by atoms with Gasteiger partial charge in [-0.25, -0.2) is 4.98 Å². The number of hydrogen-bond acceptors (Lipinski definition) is 6. The minimum absolute atomic E-state index is 0.0562. The maximum absolute atomic E-state index is 10.6. The van der Waals surface area contributed by atoms with Crippen LogP contribution >= 0.6 is 11.3 Å². The fraction of sp³-hybridized carbons (Fsp3) is 0.250. The van der Waals surface area contributed by atoms with Gasteiger partial charge in [-0.15, -0.1) is 0 Å². The largest absolute Gasteiger partial charge is 0.357 e. The van der Waals surface area contributed by atoms with Gasteiger partial charge >= 0.3 is 5.00 Å². The summed E-state index contributed by atoms with van der Waals surface area (Å²) in [5.74, 6) is 0. The molecule has 0 unspecified atom stereocenters. The van der Waals surface area contributed by atoms with Crippen LogP contribution in [0.3, 0.4) is 0 Å². The number of aromatic nitrogens is 1. The molecule has 98 valence electrons. The van der Waals surface area contributed by atoms with Gasteiger partial charge in [-0.1, -0.05) is 18.2 Å². The van der Waals surface area contributed by atoms with Gasteiger partial charge in [0.1, 0.15) is 6.20 Å². The van der Waals surface area contributed by atoms with Gasteiger partial charge in [0, 0.05) is 19.6 Å². The summed E-state index contributed by atoms with van der Waals surface area (Å²) in [6.45, 7) is 2.46. The normalized spacial score (nSPS) is 13.3. The zero-order valence-corrected chi connectivity index (χ0v) is 10.9. The lowest BCUT2D eigenvalue weighted by Gasteiger charge is -2.05. The molecule has 0 bridgehead atoms. The summed E-state index contributed by atoms with van der Waals surface area (Å²) in [5, 5.41) is 17.6. The Morgan fingerprint density at radius 2 is 2.26 bits per heavy atom. The fourth-order valence-electron chi connectivity index (χ4n) is 2.07. The first-order valence-electron chi connectivity index (χ1n) is 5.88. The highest BCUT2D eigenvalue weighted by molar-refractivity contribution is 7.18. The number of benzene rings is 1. The smallest absolute Gasteiger partial charge is 0.345 e. The number of thiazole rings is 1. The highest BCUT2D eigenvalue weighted by Crippen LogP contribution is 2.25. The average molecular weight is 276 g/mol. The van der Waals surface area contributed by atoms with E-state index in [1.54, 1.807) is 0 Å². The molecule has 0 aliphatic carbocycles. The number of fused-ring (bicyclic) bond motifs is 1. The lowest BCUT2D eigenvalue weighted by Crippen LogP contribution is -2.00. The van der Waals surface area contributed by atoms with Crippen molar-refractivity contribution in [3.63, 3.8) is 0 Å². The molecule has 0 radical (unpaired) electrons. The summed E-state index contributed by atoms with van der Waals surface area (Å²) >= 11 is 1.05. The van der Waals surface area contributed by atoms with Crippen LogP contribution in [0.25, 0.3) is 0 Å². The summed E-state index contributed by atoms with van der Waals surface area (Å²) in [7, 11) is 0. The van der Waals surface area contributed by atoms with Crippen molar-refractivity contribution in [2.45, 2.75) is 19.6 Å². The predicted molar refractivity (Wildman–Crippen MR) is 73.1 cm³/mol. The summed E-state index contributed by atoms with van der Waals surface area (Å²) in [6.07, 6.45) is 1.28. The maximum Gasteiger partial charge on any atom is 0.345 e. The first-order chi connectivity index (χ1) is 9.22. The number of anilines is 1. The average Bonchev–Trinajstić information content (AvgIpc) is 3.04. The van der Waals surface area contributed by atoms with Gasteiger partial charge in [0.05, 0.1) is 4.92 Å². The molecule has 0 atom stereocenters. The highest BCUT2D eigenvalue weighted by Gasteiger charge is 2.12. The second-order valence-electron chi connectivity index (χ2n) is 4.32. The van der Waals surface area contributed by atoms with Crippen molar-refractivity contribution in [3.05, 3.63) is 51.2 Å². The van der Waals surface area contributed by atoms with E-state index in [9.17, 15) is 10.1 Å². The third-order valence-electron chi connectivity index (χ3n) is 3.02. The number of hydrogen-bond donors (Lipinski definition) is 2. The van der Waals surface area contributed by atoms with Crippen molar-refractivity contribution in [2.24, 2.45) is 0 Å². The van der Waals surface area contributed by atoms with Crippen LogP contribution in [-0.4, -0.2) is 9.91 Å². The zero-order chi connectivity index (χ0) is 13.2. The molecule has 0 spiro atoms. The molecule has 1 aromatic carbocycles. The molecule has 1 aliphatic rings. The second kappa shape index (κ2) is 4.94. The van der Waals surface area contributed by atoms with Crippen LogP contribution < -0.4 is 10.6 Å². The Balaban J connectivity index is 1.67. The van der Waals surface area contributed by atoms with Gasteiger partial charge in [0.15, 0.2) is 5.13 Å². The Labute approximate surface area is 113 Å². The molecule has 1 aliphatic heterocycles. The molecular formula is C12H12N4O2S. The molecule has 3 rings (SSSR count). The van der Waals surface area contributed by atoms with E-state index in [4.69, 9.17) is 0 Å². The van der Waals surface area contributed by atoms with E-state index < -0.39 is 4.92 Å². The summed E-state index contributed by atoms with van der Waals surface area (Å²) in [4.78, 5) is 14.1. The molecule has 19 heavy (non-hydrogen) atoms. The van der Waals surface area contributed by atoms with Gasteiger partial charge in [-0.2, -0.15) is 0 Å². The predicted octanol–water partition coefficient (Wildman–Crippen LogP) is 2.27. The van der Waals surface area contributed by atoms with Crippen molar-refractivity contribution in [1.82, 2.24) is 10.3 Å². The van der Waals surface area contributed by atoms with Crippen LogP contribution in [0.4, 0.5) is 10.1 Å². The number of rotatable bonds is 4. The van der Waals surface area contributed by atoms with Crippen LogP contribution in [0.5, 0.6) is 0 Å². The van der Waals surface area contributed by atoms with Gasteiger partial charge in [-0.3, -0.25) is 10.1 Å². The Kier molecular flexibility index (Phi) is 3.14. The molecular weight excluding hydrogens is 264 g/mol. The minimum Gasteiger partial charge on any atom is -0.357 e. The molecule has 0 saturated carbocycles.